The molecule has 0 radical (unpaired) electrons. The van der Waals surface area contributed by atoms with Crippen LogP contribution in [0.1, 0.15) is 59.8 Å². The lowest BCUT2D eigenvalue weighted by molar-refractivity contribution is -0.151. The Hall–Kier alpha value is -1.01. The van der Waals surface area contributed by atoms with E-state index >= 15 is 0 Å². The van der Waals surface area contributed by atoms with Gasteiger partial charge >= 0.3 is 5.97 Å². The Kier molecular flexibility index (Phi) is 5.02. The summed E-state index contributed by atoms with van der Waals surface area (Å²) in [5.74, 6) is -0.187. The van der Waals surface area contributed by atoms with Gasteiger partial charge in [-0.05, 0) is 45.3 Å². The van der Waals surface area contributed by atoms with Gasteiger partial charge in [-0.2, -0.15) is 0 Å². The quantitative estimate of drug-likeness (QED) is 0.546. The van der Waals surface area contributed by atoms with E-state index < -0.39 is 0 Å². The summed E-state index contributed by atoms with van der Waals surface area (Å²) < 4.78 is 5.41. The number of esters is 1. The molecule has 0 saturated heterocycles. The lowest BCUT2D eigenvalue weighted by Gasteiger charge is -2.38. The summed E-state index contributed by atoms with van der Waals surface area (Å²) in [4.78, 5) is 11.1. The van der Waals surface area contributed by atoms with Crippen LogP contribution in [0.3, 0.4) is 0 Å². The zero-order valence-electron chi connectivity index (χ0n) is 11.5. The minimum atomic E-state index is -0.187. The van der Waals surface area contributed by atoms with Crippen LogP contribution in [0.15, 0.2) is 17.4 Å². The number of hydrogen-bond donors (Lipinski definition) is 0. The number of carbonyl (C=O) groups is 1. The highest BCUT2D eigenvalue weighted by molar-refractivity contribution is 5.66. The number of hydrogen-bond acceptors (Lipinski definition) is 2. The van der Waals surface area contributed by atoms with Crippen LogP contribution in [0, 0.1) is 5.41 Å². The van der Waals surface area contributed by atoms with Crippen LogP contribution in [0.4, 0.5) is 0 Å². The van der Waals surface area contributed by atoms with E-state index in [-0.39, 0.29) is 17.5 Å². The molecule has 0 bridgehead atoms. The van der Waals surface area contributed by atoms with E-state index in [1.165, 1.54) is 31.8 Å². The largest absolute Gasteiger partial charge is 0.462 e. The summed E-state index contributed by atoms with van der Waals surface area (Å²) in [6.45, 7) is 7.58. The highest BCUT2D eigenvalue weighted by Crippen LogP contribution is 2.41. The number of carbonyl (C=O) groups excluding carboxylic acids is 1. The highest BCUT2D eigenvalue weighted by atomic mass is 16.5. The Morgan fingerprint density at radius 2 is 1.82 bits per heavy atom. The average Bonchev–Trinajstić information content (AvgIpc) is 2.26. The third-order valence-corrected chi connectivity index (χ3v) is 3.59. The van der Waals surface area contributed by atoms with Crippen molar-refractivity contribution in [3.63, 3.8) is 0 Å². The standard InChI is InChI=1S/C15H24O2/c1-12(2)8-11-15(9-6-5-7-10-15)13(3)17-14(4)16/h11,13H,5-7,9-10H2,1-4H3. The molecule has 17 heavy (non-hydrogen) atoms. The molecule has 2 nitrogen and oxygen atoms in total. The van der Waals surface area contributed by atoms with E-state index in [2.05, 4.69) is 11.8 Å². The summed E-state index contributed by atoms with van der Waals surface area (Å²) >= 11 is 0. The molecule has 1 atom stereocenters. The van der Waals surface area contributed by atoms with Gasteiger partial charge in [0.15, 0.2) is 0 Å². The van der Waals surface area contributed by atoms with Crippen LogP contribution >= 0.6 is 0 Å². The smallest absolute Gasteiger partial charge is 0.302 e. The molecule has 0 spiro atoms. The second kappa shape index (κ2) is 6.07. The van der Waals surface area contributed by atoms with E-state index in [1.807, 2.05) is 20.8 Å². The van der Waals surface area contributed by atoms with Crippen LogP contribution in [0.2, 0.25) is 0 Å². The molecule has 0 aromatic heterocycles. The molecular formula is C15H24O2. The Morgan fingerprint density at radius 1 is 1.24 bits per heavy atom. The van der Waals surface area contributed by atoms with Gasteiger partial charge in [-0.1, -0.05) is 19.3 Å². The van der Waals surface area contributed by atoms with Crippen molar-refractivity contribution in [2.75, 3.05) is 0 Å². The molecule has 1 fully saturated rings. The first-order chi connectivity index (χ1) is 7.96. The van der Waals surface area contributed by atoms with Crippen molar-refractivity contribution in [3.05, 3.63) is 17.4 Å². The van der Waals surface area contributed by atoms with Gasteiger partial charge in [-0.15, -0.1) is 5.73 Å². The van der Waals surface area contributed by atoms with Gasteiger partial charge < -0.3 is 4.74 Å². The molecule has 0 amide bonds. The Balaban J connectivity index is 2.92. The molecule has 0 aliphatic heterocycles. The third-order valence-electron chi connectivity index (χ3n) is 3.59. The molecule has 0 N–H and O–H groups in total. The van der Waals surface area contributed by atoms with Gasteiger partial charge in [0.1, 0.15) is 6.10 Å². The van der Waals surface area contributed by atoms with Gasteiger partial charge in [0.25, 0.3) is 0 Å². The fraction of sp³-hybridized carbons (Fsp3) is 0.733. The van der Waals surface area contributed by atoms with Crippen LogP contribution < -0.4 is 0 Å². The Morgan fingerprint density at radius 3 is 2.29 bits per heavy atom. The normalized spacial score (nSPS) is 20.0. The summed E-state index contributed by atoms with van der Waals surface area (Å²) in [6.07, 6.45) is 8.02. The fourth-order valence-electron chi connectivity index (χ4n) is 2.53. The Bertz CT molecular complexity index is 325. The van der Waals surface area contributed by atoms with Crippen LogP contribution in [-0.4, -0.2) is 12.1 Å². The fourth-order valence-corrected chi connectivity index (χ4v) is 2.53. The summed E-state index contributed by atoms with van der Waals surface area (Å²) in [7, 11) is 0. The van der Waals surface area contributed by atoms with E-state index in [9.17, 15) is 4.79 Å². The van der Waals surface area contributed by atoms with E-state index in [0.717, 1.165) is 12.8 Å². The molecule has 0 aromatic rings. The maximum atomic E-state index is 11.1. The molecule has 2 heteroatoms. The molecule has 1 rings (SSSR count). The molecule has 1 unspecified atom stereocenters. The first-order valence-electron chi connectivity index (χ1n) is 6.54. The van der Waals surface area contributed by atoms with E-state index in [0.29, 0.717) is 0 Å². The van der Waals surface area contributed by atoms with Crippen molar-refractivity contribution in [2.45, 2.75) is 65.9 Å². The van der Waals surface area contributed by atoms with Gasteiger partial charge in [-0.25, -0.2) is 0 Å². The van der Waals surface area contributed by atoms with Crippen LogP contribution in [0.25, 0.3) is 0 Å². The second-order valence-corrected chi connectivity index (χ2v) is 5.33. The molecular weight excluding hydrogens is 212 g/mol. The van der Waals surface area contributed by atoms with Crippen molar-refractivity contribution >= 4 is 5.97 Å². The first-order valence-corrected chi connectivity index (χ1v) is 6.54. The molecule has 0 heterocycles. The average molecular weight is 236 g/mol. The molecule has 1 aliphatic carbocycles. The van der Waals surface area contributed by atoms with Gasteiger partial charge in [-0.3, -0.25) is 4.79 Å². The van der Waals surface area contributed by atoms with Crippen LogP contribution in [-0.2, 0) is 9.53 Å². The predicted octanol–water partition coefficient (Wildman–Crippen LogP) is 4.01. The van der Waals surface area contributed by atoms with Crippen molar-refractivity contribution in [1.82, 2.24) is 0 Å². The highest BCUT2D eigenvalue weighted by Gasteiger charge is 2.37. The summed E-state index contributed by atoms with van der Waals surface area (Å²) in [5, 5.41) is 0. The van der Waals surface area contributed by atoms with Crippen molar-refractivity contribution in [1.29, 1.82) is 0 Å². The van der Waals surface area contributed by atoms with Gasteiger partial charge in [0, 0.05) is 12.3 Å². The first kappa shape index (κ1) is 14.1. The van der Waals surface area contributed by atoms with Crippen LogP contribution in [0.5, 0.6) is 0 Å². The SMILES string of the molecule is CC(=O)OC(C)C1(C=C=C(C)C)CCCCC1. The van der Waals surface area contributed by atoms with Crippen molar-refractivity contribution in [3.8, 4) is 0 Å². The number of ether oxygens (including phenoxy) is 1. The minimum absolute atomic E-state index is 0.00118. The van der Waals surface area contributed by atoms with E-state index in [4.69, 9.17) is 4.74 Å². The zero-order valence-corrected chi connectivity index (χ0v) is 11.5. The molecule has 96 valence electrons. The molecule has 1 saturated carbocycles. The van der Waals surface area contributed by atoms with Crippen molar-refractivity contribution in [2.24, 2.45) is 5.41 Å². The zero-order chi connectivity index (χ0) is 12.9. The second-order valence-electron chi connectivity index (χ2n) is 5.33. The van der Waals surface area contributed by atoms with Gasteiger partial charge in [0.2, 0.25) is 0 Å². The maximum Gasteiger partial charge on any atom is 0.302 e. The monoisotopic (exact) mass is 236 g/mol. The Labute approximate surface area is 105 Å². The maximum absolute atomic E-state index is 11.1. The molecule has 1 aliphatic rings. The lowest BCUT2D eigenvalue weighted by atomic mass is 9.70. The van der Waals surface area contributed by atoms with Gasteiger partial charge in [0.05, 0.1) is 0 Å². The predicted molar refractivity (Wildman–Crippen MR) is 69.7 cm³/mol. The third kappa shape index (κ3) is 4.05. The summed E-state index contributed by atoms with van der Waals surface area (Å²) in [6, 6.07) is 0. The van der Waals surface area contributed by atoms with E-state index in [1.54, 1.807) is 0 Å². The lowest BCUT2D eigenvalue weighted by Crippen LogP contribution is -2.36. The van der Waals surface area contributed by atoms with Crippen molar-refractivity contribution < 1.29 is 9.53 Å². The topological polar surface area (TPSA) is 26.3 Å². The summed E-state index contributed by atoms with van der Waals surface area (Å²) in [5.41, 5.74) is 4.48. The number of rotatable bonds is 3. The molecule has 0 aromatic carbocycles. The minimum Gasteiger partial charge on any atom is -0.462 e.